The first-order valence-electron chi connectivity index (χ1n) is 15.7. The normalized spacial score (nSPS) is 21.6. The van der Waals surface area contributed by atoms with Crippen molar-refractivity contribution in [2.75, 3.05) is 4.90 Å². The molecule has 212 valence electrons. The highest BCUT2D eigenvalue weighted by molar-refractivity contribution is 6.14. The molecule has 2 unspecified atom stereocenters. The molecule has 0 saturated heterocycles. The fraction of sp³-hybridized carbons (Fsp3) is 0.0714. The van der Waals surface area contributed by atoms with Crippen molar-refractivity contribution in [2.24, 2.45) is 0 Å². The Morgan fingerprint density at radius 1 is 0.711 bits per heavy atom. The molecule has 0 saturated carbocycles. The van der Waals surface area contributed by atoms with Gasteiger partial charge in [0.2, 0.25) is 17.1 Å². The quantitative estimate of drug-likeness (QED) is 0.226. The van der Waals surface area contributed by atoms with Gasteiger partial charge < -0.3 is 9.64 Å². The monoisotopic (exact) mass is 577 g/mol. The number of nitrogens with zero attached hydrogens (tertiary/aromatic N) is 2. The third-order valence-corrected chi connectivity index (χ3v) is 9.82. The molecule has 6 aliphatic rings. The third kappa shape index (κ3) is 3.61. The van der Waals surface area contributed by atoms with E-state index in [-0.39, 0.29) is 12.1 Å². The molecule has 3 aliphatic heterocycles. The molecular weight excluding hydrogens is 548 g/mol. The summed E-state index contributed by atoms with van der Waals surface area (Å²) in [5, 5.41) is 0. The van der Waals surface area contributed by atoms with Crippen LogP contribution in [0.3, 0.4) is 0 Å². The SMILES string of the molecule is C1=CC2=C3CC4=C(C=C3OC2C=C1)C1=CC=CC2=[N+](c3cc(-c5ccccc5)cc(-c5ccccc5)c3)c3ccccc3N4C12. The number of hydrogen-bond donors (Lipinski definition) is 0. The van der Waals surface area contributed by atoms with Crippen LogP contribution in [-0.2, 0) is 4.74 Å². The van der Waals surface area contributed by atoms with Crippen LogP contribution in [0, 0.1) is 0 Å². The summed E-state index contributed by atoms with van der Waals surface area (Å²) in [5.74, 6) is 1.02. The molecule has 4 aromatic rings. The Morgan fingerprint density at radius 3 is 2.22 bits per heavy atom. The molecule has 0 spiro atoms. The van der Waals surface area contributed by atoms with Crippen LogP contribution >= 0.6 is 0 Å². The fourth-order valence-corrected chi connectivity index (χ4v) is 7.86. The van der Waals surface area contributed by atoms with Gasteiger partial charge in [0, 0.05) is 53.1 Å². The molecule has 2 atom stereocenters. The molecule has 3 heterocycles. The largest absolute Gasteiger partial charge is 0.481 e. The van der Waals surface area contributed by atoms with Crippen molar-refractivity contribution in [1.29, 1.82) is 0 Å². The van der Waals surface area contributed by atoms with Gasteiger partial charge in [-0.05, 0) is 52.1 Å². The van der Waals surface area contributed by atoms with Crippen LogP contribution in [-0.4, -0.2) is 17.9 Å². The maximum atomic E-state index is 6.47. The predicted octanol–water partition coefficient (Wildman–Crippen LogP) is 9.36. The van der Waals surface area contributed by atoms with E-state index < -0.39 is 0 Å². The summed E-state index contributed by atoms with van der Waals surface area (Å²) in [5.41, 5.74) is 16.3. The van der Waals surface area contributed by atoms with Gasteiger partial charge in [-0.3, -0.25) is 0 Å². The highest BCUT2D eigenvalue weighted by atomic mass is 16.5. The van der Waals surface area contributed by atoms with Gasteiger partial charge in [0.25, 0.3) is 0 Å². The number of fused-ring (bicyclic) bond motifs is 6. The van der Waals surface area contributed by atoms with Crippen LogP contribution in [0.4, 0.5) is 17.1 Å². The minimum atomic E-state index is 0.0225. The second kappa shape index (κ2) is 9.41. The summed E-state index contributed by atoms with van der Waals surface area (Å²) in [6.07, 6.45) is 18.6. The van der Waals surface area contributed by atoms with Crippen molar-refractivity contribution in [1.82, 2.24) is 4.58 Å². The molecular formula is C42H29N2O+. The van der Waals surface area contributed by atoms with Crippen LogP contribution in [0.1, 0.15) is 6.42 Å². The van der Waals surface area contributed by atoms with Crippen molar-refractivity contribution in [2.45, 2.75) is 18.6 Å². The maximum Gasteiger partial charge on any atom is 0.235 e. The van der Waals surface area contributed by atoms with E-state index in [1.807, 2.05) is 0 Å². The lowest BCUT2D eigenvalue weighted by molar-refractivity contribution is 0.212. The zero-order chi connectivity index (χ0) is 29.5. The molecule has 0 fully saturated rings. The third-order valence-electron chi connectivity index (χ3n) is 9.82. The lowest BCUT2D eigenvalue weighted by Gasteiger charge is -2.34. The van der Waals surface area contributed by atoms with E-state index in [2.05, 4.69) is 161 Å². The van der Waals surface area contributed by atoms with Crippen LogP contribution in [0.25, 0.3) is 22.3 Å². The summed E-state index contributed by atoms with van der Waals surface area (Å²) in [6, 6.07) is 37.5. The van der Waals surface area contributed by atoms with Crippen molar-refractivity contribution in [3.05, 3.63) is 185 Å². The Kier molecular flexibility index (Phi) is 5.17. The Hall–Kier alpha value is -5.67. The molecule has 3 aliphatic carbocycles. The molecule has 3 heteroatoms. The molecule has 3 nitrogen and oxygen atoms in total. The van der Waals surface area contributed by atoms with Crippen LogP contribution < -0.4 is 9.48 Å². The number of hydrogen-bond acceptors (Lipinski definition) is 2. The average Bonchev–Trinajstić information content (AvgIpc) is 3.64. The van der Waals surface area contributed by atoms with E-state index in [1.54, 1.807) is 0 Å². The predicted molar refractivity (Wildman–Crippen MR) is 184 cm³/mol. The smallest absolute Gasteiger partial charge is 0.235 e. The van der Waals surface area contributed by atoms with Crippen molar-refractivity contribution >= 4 is 22.8 Å². The van der Waals surface area contributed by atoms with Crippen molar-refractivity contribution in [3.8, 4) is 22.3 Å². The summed E-state index contributed by atoms with van der Waals surface area (Å²) < 4.78 is 8.97. The van der Waals surface area contributed by atoms with Crippen molar-refractivity contribution < 1.29 is 4.74 Å². The molecule has 45 heavy (non-hydrogen) atoms. The average molecular weight is 578 g/mol. The van der Waals surface area contributed by atoms with Gasteiger partial charge in [-0.2, -0.15) is 4.58 Å². The summed E-state index contributed by atoms with van der Waals surface area (Å²) in [4.78, 5) is 2.60. The minimum absolute atomic E-state index is 0.0225. The Morgan fingerprint density at radius 2 is 1.44 bits per heavy atom. The van der Waals surface area contributed by atoms with E-state index in [4.69, 9.17) is 4.74 Å². The second-order valence-electron chi connectivity index (χ2n) is 12.3. The number of anilines is 1. The lowest BCUT2D eigenvalue weighted by atomic mass is 9.88. The van der Waals surface area contributed by atoms with Crippen LogP contribution in [0.5, 0.6) is 0 Å². The number of para-hydroxylation sites is 2. The first kappa shape index (κ1) is 24.7. The number of benzene rings is 4. The minimum Gasteiger partial charge on any atom is -0.481 e. The summed E-state index contributed by atoms with van der Waals surface area (Å²) in [7, 11) is 0. The summed E-state index contributed by atoms with van der Waals surface area (Å²) >= 11 is 0. The topological polar surface area (TPSA) is 15.5 Å². The van der Waals surface area contributed by atoms with Gasteiger partial charge >= 0.3 is 0 Å². The Bertz CT molecular complexity index is 2150. The standard InChI is InChI=1S/C42H29N2O/c1-3-12-27(13-4-1)29-22-30(28-14-5-2-6-15-28)24-31(23-29)43-36-18-8-9-19-37(36)44-39-25-35-32-16-7-10-21-40(32)45-41(35)26-34(39)33-17-11-20-38(43)42(33)44/h1-24,26,40,42H,25H2/q+1. The Labute approximate surface area is 262 Å². The molecule has 0 amide bonds. The van der Waals surface area contributed by atoms with Gasteiger partial charge in [-0.15, -0.1) is 0 Å². The molecule has 0 radical (unpaired) electrons. The van der Waals surface area contributed by atoms with E-state index in [0.717, 1.165) is 12.2 Å². The first-order chi connectivity index (χ1) is 22.3. The van der Waals surface area contributed by atoms with E-state index >= 15 is 0 Å². The van der Waals surface area contributed by atoms with Gasteiger partial charge in [-0.25, -0.2) is 0 Å². The van der Waals surface area contributed by atoms with Crippen LogP contribution in [0.15, 0.2) is 185 Å². The highest BCUT2D eigenvalue weighted by Crippen LogP contribution is 2.53. The van der Waals surface area contributed by atoms with Gasteiger partial charge in [0.05, 0.1) is 0 Å². The van der Waals surface area contributed by atoms with Crippen LogP contribution in [0.2, 0.25) is 0 Å². The maximum absolute atomic E-state index is 6.47. The Balaban J connectivity index is 1.19. The van der Waals surface area contributed by atoms with E-state index in [0.29, 0.717) is 0 Å². The van der Waals surface area contributed by atoms with Gasteiger partial charge in [-0.1, -0.05) is 103 Å². The fourth-order valence-electron chi connectivity index (χ4n) is 7.86. The van der Waals surface area contributed by atoms with Gasteiger partial charge in [0.1, 0.15) is 23.6 Å². The lowest BCUT2D eigenvalue weighted by Crippen LogP contribution is -2.45. The zero-order valence-electron chi connectivity index (χ0n) is 24.6. The van der Waals surface area contributed by atoms with Gasteiger partial charge in [0.15, 0.2) is 0 Å². The summed E-state index contributed by atoms with van der Waals surface area (Å²) in [6.45, 7) is 0. The number of rotatable bonds is 3. The zero-order valence-corrected chi connectivity index (χ0v) is 24.6. The first-order valence-corrected chi connectivity index (χ1v) is 15.7. The molecule has 4 aromatic carbocycles. The molecule has 0 aromatic heterocycles. The number of allylic oxidation sites excluding steroid dienone is 7. The van der Waals surface area contributed by atoms with Crippen molar-refractivity contribution in [3.63, 3.8) is 0 Å². The number of ether oxygens (including phenoxy) is 1. The van der Waals surface area contributed by atoms with E-state index in [9.17, 15) is 0 Å². The molecule has 0 N–H and O–H groups in total. The highest BCUT2D eigenvalue weighted by Gasteiger charge is 2.51. The molecule has 0 bridgehead atoms. The van der Waals surface area contributed by atoms with E-state index in [1.165, 1.54) is 73.0 Å². The second-order valence-corrected chi connectivity index (χ2v) is 12.3. The molecule has 10 rings (SSSR count).